The molecule has 0 spiro atoms. The normalized spacial score (nSPS) is 15.1. The zero-order valence-electron chi connectivity index (χ0n) is 18.3. The number of hydroxylamine groups is 1. The third-order valence-electron chi connectivity index (χ3n) is 5.14. The van der Waals surface area contributed by atoms with Crippen LogP contribution in [0.2, 0.25) is 0 Å². The Kier molecular flexibility index (Phi) is 13.8. The molecule has 1 aromatic heterocycles. The molecule has 1 heterocycles. The molecular weight excluding hydrogens is 412 g/mol. The summed E-state index contributed by atoms with van der Waals surface area (Å²) in [4.78, 5) is 14.3. The van der Waals surface area contributed by atoms with Crippen LogP contribution in [-0.4, -0.2) is 52.6 Å². The minimum Gasteiger partial charge on any atom is -0.395 e. The van der Waals surface area contributed by atoms with E-state index in [-0.39, 0.29) is 6.61 Å². The van der Waals surface area contributed by atoms with Gasteiger partial charge < -0.3 is 10.4 Å². The molecule has 0 aliphatic heterocycles. The van der Waals surface area contributed by atoms with Gasteiger partial charge in [-0.1, -0.05) is 44.1 Å². The van der Waals surface area contributed by atoms with Crippen LogP contribution in [0.3, 0.4) is 0 Å². The van der Waals surface area contributed by atoms with Gasteiger partial charge in [-0.2, -0.15) is 5.26 Å². The summed E-state index contributed by atoms with van der Waals surface area (Å²) in [7, 11) is 0. The van der Waals surface area contributed by atoms with Crippen LogP contribution in [0.25, 0.3) is 0 Å². The lowest BCUT2D eigenvalue weighted by molar-refractivity contribution is -0.0991. The van der Waals surface area contributed by atoms with Crippen molar-refractivity contribution in [2.24, 2.45) is 10.9 Å². The van der Waals surface area contributed by atoms with Crippen LogP contribution in [0.5, 0.6) is 0 Å². The Bertz CT molecular complexity index is 649. The number of aliphatic hydroxyl groups is 1. The van der Waals surface area contributed by atoms with E-state index in [1.54, 1.807) is 24.3 Å². The molecule has 0 atom stereocenters. The Morgan fingerprint density at radius 3 is 2.74 bits per heavy atom. The lowest BCUT2D eigenvalue weighted by atomic mass is 9.90. The molecule has 1 saturated carbocycles. The number of aliphatic hydroxyl groups excluding tert-OH is 1. The Morgan fingerprint density at radius 2 is 2.00 bits per heavy atom. The molecule has 172 valence electrons. The van der Waals surface area contributed by atoms with Gasteiger partial charge in [0.1, 0.15) is 0 Å². The number of guanidine groups is 1. The number of hydrogen-bond acceptors (Lipinski definition) is 7. The molecular formula is C22H36N6O2S. The Labute approximate surface area is 190 Å². The molecule has 0 unspecified atom stereocenters. The fourth-order valence-electron chi connectivity index (χ4n) is 3.45. The monoisotopic (exact) mass is 448 g/mol. The highest BCUT2D eigenvalue weighted by molar-refractivity contribution is 7.96. The summed E-state index contributed by atoms with van der Waals surface area (Å²) in [6.45, 7) is 2.10. The topological polar surface area (TPSA) is 106 Å². The first-order valence-electron chi connectivity index (χ1n) is 11.3. The third-order valence-corrected chi connectivity index (χ3v) is 6.18. The van der Waals surface area contributed by atoms with Crippen molar-refractivity contribution in [1.82, 2.24) is 14.8 Å². The number of nitrogens with one attached hydrogen (secondary N) is 2. The summed E-state index contributed by atoms with van der Waals surface area (Å²) < 4.78 is 1.86. The molecule has 9 heteroatoms. The largest absolute Gasteiger partial charge is 0.395 e. The summed E-state index contributed by atoms with van der Waals surface area (Å²) in [6, 6.07) is 3.65. The highest BCUT2D eigenvalue weighted by atomic mass is 32.2. The molecule has 3 N–H and O–H groups in total. The van der Waals surface area contributed by atoms with Crippen LogP contribution >= 0.6 is 11.9 Å². The fraction of sp³-hybridized carbons (Fsp3) is 0.682. The minimum absolute atomic E-state index is 0.113. The van der Waals surface area contributed by atoms with Crippen LogP contribution in [0.4, 0.5) is 5.69 Å². The van der Waals surface area contributed by atoms with Gasteiger partial charge in [0.2, 0.25) is 5.96 Å². The zero-order valence-corrected chi connectivity index (χ0v) is 19.2. The van der Waals surface area contributed by atoms with Gasteiger partial charge in [0.15, 0.2) is 6.19 Å². The average Bonchev–Trinajstić information content (AvgIpc) is 2.80. The maximum atomic E-state index is 9.27. The Balaban J connectivity index is 1.55. The highest BCUT2D eigenvalue weighted by Gasteiger charge is 2.15. The van der Waals surface area contributed by atoms with Crippen LogP contribution in [-0.2, 0) is 4.84 Å². The predicted octanol–water partition coefficient (Wildman–Crippen LogP) is 3.93. The van der Waals surface area contributed by atoms with Crippen LogP contribution in [0.15, 0.2) is 29.5 Å². The van der Waals surface area contributed by atoms with Gasteiger partial charge >= 0.3 is 0 Å². The summed E-state index contributed by atoms with van der Waals surface area (Å²) in [6.07, 6.45) is 16.1. The molecule has 0 aromatic carbocycles. The molecule has 0 bridgehead atoms. The molecule has 0 saturated heterocycles. The summed E-state index contributed by atoms with van der Waals surface area (Å²) in [5.74, 6) is 2.11. The number of rotatable bonds is 14. The quantitative estimate of drug-likeness (QED) is 0.0747. The second-order valence-electron chi connectivity index (χ2n) is 7.66. The molecule has 0 amide bonds. The van der Waals surface area contributed by atoms with Gasteiger partial charge in [-0.25, -0.2) is 0 Å². The van der Waals surface area contributed by atoms with Crippen molar-refractivity contribution in [3.8, 4) is 6.19 Å². The number of unbranched alkanes of at least 4 members (excludes halogenated alkanes) is 3. The molecule has 31 heavy (non-hydrogen) atoms. The fourth-order valence-corrected chi connectivity index (χ4v) is 4.33. The van der Waals surface area contributed by atoms with Gasteiger partial charge in [-0.05, 0) is 43.7 Å². The first kappa shape index (κ1) is 25.4. The molecule has 2 rings (SSSR count). The van der Waals surface area contributed by atoms with Crippen molar-refractivity contribution < 1.29 is 9.94 Å². The van der Waals surface area contributed by atoms with Gasteiger partial charge in [0.05, 0.1) is 19.8 Å². The van der Waals surface area contributed by atoms with Crippen LogP contribution in [0.1, 0.15) is 57.8 Å². The van der Waals surface area contributed by atoms with E-state index in [2.05, 4.69) is 20.6 Å². The van der Waals surface area contributed by atoms with Crippen LogP contribution < -0.4 is 10.6 Å². The van der Waals surface area contributed by atoms with Crippen molar-refractivity contribution in [2.45, 2.75) is 57.8 Å². The molecule has 1 aliphatic rings. The van der Waals surface area contributed by atoms with Gasteiger partial charge in [0.25, 0.3) is 0 Å². The number of anilines is 1. The zero-order chi connectivity index (χ0) is 22.0. The van der Waals surface area contributed by atoms with Crippen molar-refractivity contribution in [3.63, 3.8) is 0 Å². The van der Waals surface area contributed by atoms with E-state index in [1.807, 2.05) is 22.8 Å². The number of nitrogens with zero attached hydrogens (tertiary/aromatic N) is 4. The molecule has 1 aliphatic carbocycles. The van der Waals surface area contributed by atoms with Gasteiger partial charge in [0, 0.05) is 30.4 Å². The third kappa shape index (κ3) is 11.9. The first-order valence-corrected chi connectivity index (χ1v) is 12.3. The van der Waals surface area contributed by atoms with E-state index in [9.17, 15) is 5.11 Å². The number of nitriles is 1. The lowest BCUT2D eigenvalue weighted by Gasteiger charge is -2.25. The standard InChI is InChI=1S/C22H36N6O2S/c23-19-26-22(27-21-10-13-24-14-11-21)25-12-6-1-2-7-17-31-28(15-16-29)30-18-20-8-4-3-5-9-20/h10-11,13-14,20,29H,1-9,12,15-18H2,(H2,24,25,26,27). The summed E-state index contributed by atoms with van der Waals surface area (Å²) in [5.41, 5.74) is 0.840. The van der Waals surface area contributed by atoms with E-state index in [0.29, 0.717) is 25.0 Å². The number of pyridine rings is 1. The summed E-state index contributed by atoms with van der Waals surface area (Å²) in [5, 5.41) is 23.8. The minimum atomic E-state index is 0.113. The van der Waals surface area contributed by atoms with Gasteiger partial charge in [-0.3, -0.25) is 20.1 Å². The Morgan fingerprint density at radius 1 is 1.23 bits per heavy atom. The van der Waals surface area contributed by atoms with E-state index in [1.165, 1.54) is 32.1 Å². The maximum Gasteiger partial charge on any atom is 0.209 e. The van der Waals surface area contributed by atoms with E-state index in [4.69, 9.17) is 10.1 Å². The van der Waals surface area contributed by atoms with Crippen LogP contribution in [0, 0.1) is 17.4 Å². The van der Waals surface area contributed by atoms with Crippen molar-refractivity contribution in [3.05, 3.63) is 24.5 Å². The number of hydrogen-bond donors (Lipinski definition) is 3. The van der Waals surface area contributed by atoms with Crippen molar-refractivity contribution in [1.29, 1.82) is 5.26 Å². The van der Waals surface area contributed by atoms with Crippen molar-refractivity contribution in [2.75, 3.05) is 37.4 Å². The first-order chi connectivity index (χ1) is 15.3. The predicted molar refractivity (Wildman–Crippen MR) is 126 cm³/mol. The lowest BCUT2D eigenvalue weighted by Crippen LogP contribution is -2.27. The van der Waals surface area contributed by atoms with E-state index >= 15 is 0 Å². The second kappa shape index (κ2) is 16.8. The maximum absolute atomic E-state index is 9.27. The highest BCUT2D eigenvalue weighted by Crippen LogP contribution is 2.25. The van der Waals surface area contributed by atoms with E-state index in [0.717, 1.165) is 43.7 Å². The average molecular weight is 449 g/mol. The SMILES string of the molecule is N#CNC(=NCCCCCCSN(CCO)OCC1CCCCC1)Nc1ccncc1. The number of aromatic nitrogens is 1. The van der Waals surface area contributed by atoms with E-state index < -0.39 is 0 Å². The molecule has 8 nitrogen and oxygen atoms in total. The molecule has 1 aromatic rings. The molecule has 1 fully saturated rings. The summed E-state index contributed by atoms with van der Waals surface area (Å²) >= 11 is 1.67. The second-order valence-corrected chi connectivity index (χ2v) is 8.73. The van der Waals surface area contributed by atoms with Crippen molar-refractivity contribution >= 4 is 23.6 Å². The number of aliphatic imine (C=N–C) groups is 1. The molecule has 0 radical (unpaired) electrons. The Hall–Kier alpha value is -1.86. The smallest absolute Gasteiger partial charge is 0.209 e. The van der Waals surface area contributed by atoms with Gasteiger partial charge in [-0.15, -0.1) is 4.47 Å².